The number of furan rings is 1. The molecule has 2 heteroatoms. The van der Waals surface area contributed by atoms with E-state index in [1.54, 1.807) is 23.9 Å². The van der Waals surface area contributed by atoms with Gasteiger partial charge in [-0.3, -0.25) is 0 Å². The molecule has 2 aromatic heterocycles. The van der Waals surface area contributed by atoms with E-state index in [0.717, 1.165) is 6.42 Å². The third-order valence-corrected chi connectivity index (χ3v) is 2.30. The van der Waals surface area contributed by atoms with Crippen LogP contribution in [0, 0.1) is 0 Å². The highest BCUT2D eigenvalue weighted by atomic mass is 32.1. The van der Waals surface area contributed by atoms with Gasteiger partial charge >= 0.3 is 0 Å². The van der Waals surface area contributed by atoms with Crippen LogP contribution in [0.5, 0.6) is 0 Å². The van der Waals surface area contributed by atoms with Crippen molar-refractivity contribution in [2.45, 2.75) is 6.42 Å². The minimum absolute atomic E-state index is 0.986. The van der Waals surface area contributed by atoms with E-state index < -0.39 is 0 Å². The molecule has 0 saturated carbocycles. The van der Waals surface area contributed by atoms with Crippen molar-refractivity contribution in [3.8, 4) is 0 Å². The highest BCUT2D eigenvalue weighted by Crippen LogP contribution is 2.12. The molecule has 0 aliphatic heterocycles. The molecule has 1 nitrogen and oxygen atoms in total. The van der Waals surface area contributed by atoms with Gasteiger partial charge < -0.3 is 4.42 Å². The van der Waals surface area contributed by atoms with E-state index in [-0.39, 0.29) is 0 Å². The van der Waals surface area contributed by atoms with Crippen molar-refractivity contribution in [3.63, 3.8) is 0 Å². The predicted octanol–water partition coefficient (Wildman–Crippen LogP) is 2.93. The minimum Gasteiger partial charge on any atom is -0.472 e. The van der Waals surface area contributed by atoms with E-state index in [9.17, 15) is 0 Å². The van der Waals surface area contributed by atoms with E-state index >= 15 is 0 Å². The molecular weight excluding hydrogens is 156 g/mol. The largest absolute Gasteiger partial charge is 0.472 e. The molecule has 0 radical (unpaired) electrons. The second-order valence-electron chi connectivity index (χ2n) is 2.44. The molecule has 0 spiro atoms. The average Bonchev–Trinajstić information content (AvgIpc) is 2.60. The highest BCUT2D eigenvalue weighted by molar-refractivity contribution is 7.07. The lowest BCUT2D eigenvalue weighted by molar-refractivity contribution is 0.564. The molecule has 0 fully saturated rings. The van der Waals surface area contributed by atoms with Gasteiger partial charge in [-0.1, -0.05) is 0 Å². The molecule has 0 bridgehead atoms. The van der Waals surface area contributed by atoms with Gasteiger partial charge in [-0.15, -0.1) is 0 Å². The van der Waals surface area contributed by atoms with Crippen molar-refractivity contribution >= 4 is 11.3 Å². The van der Waals surface area contributed by atoms with E-state index in [0.29, 0.717) is 0 Å². The molecule has 0 aliphatic carbocycles. The lowest BCUT2D eigenvalue weighted by Crippen LogP contribution is -1.79. The number of thiophene rings is 1. The molecular formula is C9H8OS. The predicted molar refractivity (Wildman–Crippen MR) is 45.8 cm³/mol. The van der Waals surface area contributed by atoms with E-state index in [1.165, 1.54) is 11.1 Å². The maximum atomic E-state index is 4.97. The molecule has 0 aliphatic rings. The summed E-state index contributed by atoms with van der Waals surface area (Å²) in [5, 5.41) is 4.25. The molecule has 2 heterocycles. The van der Waals surface area contributed by atoms with Gasteiger partial charge in [0.05, 0.1) is 12.5 Å². The molecule has 0 atom stereocenters. The molecule has 56 valence electrons. The van der Waals surface area contributed by atoms with Crippen LogP contribution in [0.25, 0.3) is 0 Å². The van der Waals surface area contributed by atoms with Gasteiger partial charge in [0.25, 0.3) is 0 Å². The molecule has 0 N–H and O–H groups in total. The second kappa shape index (κ2) is 2.93. The van der Waals surface area contributed by atoms with Crippen LogP contribution in [-0.4, -0.2) is 0 Å². The molecule has 2 aromatic rings. The van der Waals surface area contributed by atoms with Crippen LogP contribution in [-0.2, 0) is 6.42 Å². The molecule has 0 amide bonds. The van der Waals surface area contributed by atoms with Gasteiger partial charge in [-0.05, 0) is 34.0 Å². The van der Waals surface area contributed by atoms with Crippen LogP contribution in [0.2, 0.25) is 0 Å². The van der Waals surface area contributed by atoms with Gasteiger partial charge in [-0.25, -0.2) is 0 Å². The number of rotatable bonds is 2. The van der Waals surface area contributed by atoms with E-state index in [1.807, 2.05) is 6.07 Å². The van der Waals surface area contributed by atoms with Gasteiger partial charge in [0.15, 0.2) is 0 Å². The fourth-order valence-electron chi connectivity index (χ4n) is 1.02. The lowest BCUT2D eigenvalue weighted by atomic mass is 10.1. The van der Waals surface area contributed by atoms with Crippen LogP contribution in [0.3, 0.4) is 0 Å². The van der Waals surface area contributed by atoms with Gasteiger partial charge in [0.2, 0.25) is 0 Å². The molecule has 0 unspecified atom stereocenters. The first-order chi connectivity index (χ1) is 5.45. The number of hydrogen-bond donors (Lipinski definition) is 0. The Morgan fingerprint density at radius 1 is 1.27 bits per heavy atom. The standard InChI is InChI=1S/C9H8OS/c1-3-10-6-8(1)5-9-2-4-11-7-9/h1-4,6-7H,5H2. The van der Waals surface area contributed by atoms with Gasteiger partial charge in [0, 0.05) is 6.42 Å². The molecule has 0 saturated heterocycles. The smallest absolute Gasteiger partial charge is 0.0937 e. The van der Waals surface area contributed by atoms with Crippen molar-refractivity contribution in [1.29, 1.82) is 0 Å². The maximum Gasteiger partial charge on any atom is 0.0937 e. The Bertz CT molecular complexity index is 262. The van der Waals surface area contributed by atoms with Crippen LogP contribution in [0.15, 0.2) is 39.8 Å². The monoisotopic (exact) mass is 164 g/mol. The maximum absolute atomic E-state index is 4.97. The Balaban J connectivity index is 2.14. The fourth-order valence-corrected chi connectivity index (χ4v) is 1.69. The second-order valence-corrected chi connectivity index (χ2v) is 3.22. The molecule has 0 aromatic carbocycles. The average molecular weight is 164 g/mol. The van der Waals surface area contributed by atoms with Crippen LogP contribution in [0.1, 0.15) is 11.1 Å². The Labute approximate surface area is 69.3 Å². The van der Waals surface area contributed by atoms with Crippen molar-refractivity contribution in [3.05, 3.63) is 46.5 Å². The molecule has 11 heavy (non-hydrogen) atoms. The van der Waals surface area contributed by atoms with Crippen LogP contribution < -0.4 is 0 Å². The normalized spacial score (nSPS) is 10.2. The Morgan fingerprint density at radius 2 is 2.27 bits per heavy atom. The summed E-state index contributed by atoms with van der Waals surface area (Å²) in [5.41, 5.74) is 2.60. The van der Waals surface area contributed by atoms with E-state index in [2.05, 4.69) is 16.8 Å². The Kier molecular flexibility index (Phi) is 1.78. The summed E-state index contributed by atoms with van der Waals surface area (Å²) in [7, 11) is 0. The zero-order chi connectivity index (χ0) is 7.52. The lowest BCUT2D eigenvalue weighted by Gasteiger charge is -1.89. The van der Waals surface area contributed by atoms with Crippen LogP contribution >= 0.6 is 11.3 Å². The molecule has 2 rings (SSSR count). The zero-order valence-electron chi connectivity index (χ0n) is 5.99. The third kappa shape index (κ3) is 1.52. The summed E-state index contributed by atoms with van der Waals surface area (Å²) in [6.45, 7) is 0. The summed E-state index contributed by atoms with van der Waals surface area (Å²) in [4.78, 5) is 0. The summed E-state index contributed by atoms with van der Waals surface area (Å²) >= 11 is 1.73. The highest BCUT2D eigenvalue weighted by Gasteiger charge is 1.96. The summed E-state index contributed by atoms with van der Waals surface area (Å²) in [6, 6.07) is 4.13. The minimum atomic E-state index is 0.986. The first-order valence-corrected chi connectivity index (χ1v) is 4.41. The summed E-state index contributed by atoms with van der Waals surface area (Å²) < 4.78 is 4.97. The van der Waals surface area contributed by atoms with Gasteiger partial charge in [0.1, 0.15) is 0 Å². The topological polar surface area (TPSA) is 13.1 Å². The zero-order valence-corrected chi connectivity index (χ0v) is 6.80. The van der Waals surface area contributed by atoms with Gasteiger partial charge in [-0.2, -0.15) is 11.3 Å². The van der Waals surface area contributed by atoms with Crippen LogP contribution in [0.4, 0.5) is 0 Å². The Morgan fingerprint density at radius 3 is 2.91 bits per heavy atom. The van der Waals surface area contributed by atoms with Crippen molar-refractivity contribution in [2.75, 3.05) is 0 Å². The summed E-state index contributed by atoms with van der Waals surface area (Å²) in [6.07, 6.45) is 4.49. The number of hydrogen-bond acceptors (Lipinski definition) is 2. The third-order valence-electron chi connectivity index (χ3n) is 1.57. The quantitative estimate of drug-likeness (QED) is 0.665. The van der Waals surface area contributed by atoms with Crippen molar-refractivity contribution in [1.82, 2.24) is 0 Å². The fraction of sp³-hybridized carbons (Fsp3) is 0.111. The van der Waals surface area contributed by atoms with Crippen molar-refractivity contribution in [2.24, 2.45) is 0 Å². The van der Waals surface area contributed by atoms with E-state index in [4.69, 9.17) is 4.42 Å². The summed E-state index contributed by atoms with van der Waals surface area (Å²) in [5.74, 6) is 0. The first kappa shape index (κ1) is 6.68. The Hall–Kier alpha value is -1.02. The first-order valence-electron chi connectivity index (χ1n) is 3.47. The SMILES string of the molecule is c1cc(Cc2ccsc2)co1. The van der Waals surface area contributed by atoms with Crippen molar-refractivity contribution < 1.29 is 4.42 Å².